The Bertz CT molecular complexity index is 350. The minimum Gasteiger partial charge on any atom is -0.312 e. The number of nitrogens with zero attached hydrogens (tertiary/aromatic N) is 1. The highest BCUT2D eigenvalue weighted by Crippen LogP contribution is 2.25. The molecule has 1 aliphatic rings. The van der Waals surface area contributed by atoms with Crippen LogP contribution in [0.3, 0.4) is 0 Å². The average molecular weight is 246 g/mol. The summed E-state index contributed by atoms with van der Waals surface area (Å²) in [5.41, 5.74) is 3.02. The summed E-state index contributed by atoms with van der Waals surface area (Å²) < 4.78 is 0. The number of fused-ring (bicyclic) bond motifs is 1. The van der Waals surface area contributed by atoms with Crippen LogP contribution in [-0.2, 0) is 13.1 Å². The van der Waals surface area contributed by atoms with Gasteiger partial charge in [0.1, 0.15) is 0 Å². The SMILES string of the molecule is CCCNC(CC)C(C)N1Cc2ccccc2C1. The van der Waals surface area contributed by atoms with E-state index in [1.54, 1.807) is 0 Å². The van der Waals surface area contributed by atoms with E-state index in [2.05, 4.69) is 55.3 Å². The molecule has 2 rings (SSSR count). The molecule has 0 radical (unpaired) electrons. The topological polar surface area (TPSA) is 15.3 Å². The van der Waals surface area contributed by atoms with E-state index in [1.165, 1.54) is 24.0 Å². The van der Waals surface area contributed by atoms with Crippen LogP contribution in [0.4, 0.5) is 0 Å². The lowest BCUT2D eigenvalue weighted by atomic mass is 10.1. The molecule has 1 N–H and O–H groups in total. The highest BCUT2D eigenvalue weighted by atomic mass is 15.2. The van der Waals surface area contributed by atoms with Crippen LogP contribution in [0, 0.1) is 0 Å². The van der Waals surface area contributed by atoms with Crippen molar-refractivity contribution < 1.29 is 0 Å². The van der Waals surface area contributed by atoms with Gasteiger partial charge >= 0.3 is 0 Å². The van der Waals surface area contributed by atoms with Crippen molar-refractivity contribution in [1.82, 2.24) is 10.2 Å². The minimum absolute atomic E-state index is 0.606. The van der Waals surface area contributed by atoms with E-state index in [1.807, 2.05) is 0 Å². The quantitative estimate of drug-likeness (QED) is 0.829. The largest absolute Gasteiger partial charge is 0.312 e. The maximum Gasteiger partial charge on any atom is 0.0244 e. The molecule has 1 aliphatic heterocycles. The fourth-order valence-electron chi connectivity index (χ4n) is 2.89. The third-order valence-corrected chi connectivity index (χ3v) is 4.12. The maximum atomic E-state index is 3.68. The number of nitrogens with one attached hydrogen (secondary N) is 1. The van der Waals surface area contributed by atoms with Gasteiger partial charge in [0.25, 0.3) is 0 Å². The second kappa shape index (κ2) is 6.35. The van der Waals surface area contributed by atoms with Gasteiger partial charge < -0.3 is 5.32 Å². The average Bonchev–Trinajstić information content (AvgIpc) is 2.83. The van der Waals surface area contributed by atoms with Crippen molar-refractivity contribution in [3.63, 3.8) is 0 Å². The Kier molecular flexibility index (Phi) is 4.79. The summed E-state index contributed by atoms with van der Waals surface area (Å²) >= 11 is 0. The maximum absolute atomic E-state index is 3.68. The third-order valence-electron chi connectivity index (χ3n) is 4.12. The Balaban J connectivity index is 1.97. The molecule has 18 heavy (non-hydrogen) atoms. The van der Waals surface area contributed by atoms with E-state index in [-0.39, 0.29) is 0 Å². The van der Waals surface area contributed by atoms with Crippen LogP contribution in [0.25, 0.3) is 0 Å². The van der Waals surface area contributed by atoms with Gasteiger partial charge in [0.05, 0.1) is 0 Å². The van der Waals surface area contributed by atoms with E-state index < -0.39 is 0 Å². The van der Waals surface area contributed by atoms with E-state index in [0.29, 0.717) is 12.1 Å². The molecule has 2 heteroatoms. The fourth-order valence-corrected chi connectivity index (χ4v) is 2.89. The molecule has 1 heterocycles. The lowest BCUT2D eigenvalue weighted by molar-refractivity contribution is 0.167. The summed E-state index contributed by atoms with van der Waals surface area (Å²) in [6.07, 6.45) is 2.41. The molecular weight excluding hydrogens is 220 g/mol. The molecule has 1 aromatic carbocycles. The molecule has 100 valence electrons. The first-order valence-corrected chi connectivity index (χ1v) is 7.30. The van der Waals surface area contributed by atoms with Crippen LogP contribution < -0.4 is 5.32 Å². The molecule has 0 aromatic heterocycles. The molecule has 0 saturated heterocycles. The van der Waals surface area contributed by atoms with E-state index >= 15 is 0 Å². The zero-order chi connectivity index (χ0) is 13.0. The van der Waals surface area contributed by atoms with Crippen LogP contribution in [0.5, 0.6) is 0 Å². The Morgan fingerprint density at radius 2 is 1.78 bits per heavy atom. The van der Waals surface area contributed by atoms with Gasteiger partial charge in [-0.1, -0.05) is 38.1 Å². The van der Waals surface area contributed by atoms with Gasteiger partial charge in [-0.05, 0) is 37.4 Å². The first kappa shape index (κ1) is 13.6. The summed E-state index contributed by atoms with van der Waals surface area (Å²) in [5.74, 6) is 0. The molecule has 2 nitrogen and oxygen atoms in total. The molecule has 0 bridgehead atoms. The number of rotatable bonds is 6. The number of benzene rings is 1. The molecule has 0 saturated carbocycles. The van der Waals surface area contributed by atoms with Gasteiger partial charge in [0.2, 0.25) is 0 Å². The van der Waals surface area contributed by atoms with Gasteiger partial charge in [0, 0.05) is 25.2 Å². The Morgan fingerprint density at radius 1 is 1.17 bits per heavy atom. The van der Waals surface area contributed by atoms with E-state index in [0.717, 1.165) is 19.6 Å². The molecule has 0 aliphatic carbocycles. The van der Waals surface area contributed by atoms with Crippen molar-refractivity contribution in [2.75, 3.05) is 6.54 Å². The Hall–Kier alpha value is -0.860. The van der Waals surface area contributed by atoms with Crippen molar-refractivity contribution in [1.29, 1.82) is 0 Å². The normalized spacial score (nSPS) is 18.6. The summed E-state index contributed by atoms with van der Waals surface area (Å²) in [4.78, 5) is 2.60. The highest BCUT2D eigenvalue weighted by Gasteiger charge is 2.26. The lowest BCUT2D eigenvalue weighted by Gasteiger charge is -2.31. The lowest BCUT2D eigenvalue weighted by Crippen LogP contribution is -2.46. The fraction of sp³-hybridized carbons (Fsp3) is 0.625. The Morgan fingerprint density at radius 3 is 2.28 bits per heavy atom. The zero-order valence-electron chi connectivity index (χ0n) is 11.9. The van der Waals surface area contributed by atoms with Crippen LogP contribution in [0.2, 0.25) is 0 Å². The van der Waals surface area contributed by atoms with Gasteiger partial charge in [-0.25, -0.2) is 0 Å². The first-order chi connectivity index (χ1) is 8.76. The molecule has 2 atom stereocenters. The molecule has 1 aromatic rings. The molecular formula is C16H26N2. The Labute approximate surface area is 111 Å². The molecule has 0 amide bonds. The van der Waals surface area contributed by atoms with Crippen LogP contribution >= 0.6 is 0 Å². The standard InChI is InChI=1S/C16H26N2/c1-4-10-17-16(5-2)13(3)18-11-14-8-6-7-9-15(14)12-18/h6-9,13,16-17H,4-5,10-12H2,1-3H3. The van der Waals surface area contributed by atoms with Crippen LogP contribution in [-0.4, -0.2) is 23.5 Å². The van der Waals surface area contributed by atoms with Crippen molar-refractivity contribution in [2.24, 2.45) is 0 Å². The van der Waals surface area contributed by atoms with Gasteiger partial charge in [-0.2, -0.15) is 0 Å². The van der Waals surface area contributed by atoms with Crippen LogP contribution in [0.15, 0.2) is 24.3 Å². The zero-order valence-corrected chi connectivity index (χ0v) is 11.9. The van der Waals surface area contributed by atoms with Gasteiger partial charge in [-0.3, -0.25) is 4.90 Å². The van der Waals surface area contributed by atoms with Crippen molar-refractivity contribution in [3.05, 3.63) is 35.4 Å². The van der Waals surface area contributed by atoms with Crippen molar-refractivity contribution in [3.8, 4) is 0 Å². The smallest absolute Gasteiger partial charge is 0.0244 e. The second-order valence-corrected chi connectivity index (χ2v) is 5.38. The highest BCUT2D eigenvalue weighted by molar-refractivity contribution is 5.30. The summed E-state index contributed by atoms with van der Waals surface area (Å²) in [5, 5.41) is 3.68. The van der Waals surface area contributed by atoms with E-state index in [9.17, 15) is 0 Å². The minimum atomic E-state index is 0.606. The van der Waals surface area contributed by atoms with Gasteiger partial charge in [0.15, 0.2) is 0 Å². The first-order valence-electron chi connectivity index (χ1n) is 7.30. The van der Waals surface area contributed by atoms with Gasteiger partial charge in [-0.15, -0.1) is 0 Å². The summed E-state index contributed by atoms with van der Waals surface area (Å²) in [6.45, 7) is 10.2. The second-order valence-electron chi connectivity index (χ2n) is 5.38. The third kappa shape index (κ3) is 2.93. The molecule has 0 fully saturated rings. The summed E-state index contributed by atoms with van der Waals surface area (Å²) in [7, 11) is 0. The van der Waals surface area contributed by atoms with E-state index in [4.69, 9.17) is 0 Å². The van der Waals surface area contributed by atoms with Crippen molar-refractivity contribution in [2.45, 2.75) is 58.8 Å². The molecule has 0 spiro atoms. The number of hydrogen-bond donors (Lipinski definition) is 1. The number of hydrogen-bond acceptors (Lipinski definition) is 2. The predicted molar refractivity (Wildman–Crippen MR) is 77.5 cm³/mol. The monoisotopic (exact) mass is 246 g/mol. The summed E-state index contributed by atoms with van der Waals surface area (Å²) in [6, 6.07) is 10.1. The van der Waals surface area contributed by atoms with Crippen LogP contribution in [0.1, 0.15) is 44.7 Å². The van der Waals surface area contributed by atoms with Crippen molar-refractivity contribution >= 4 is 0 Å². The predicted octanol–water partition coefficient (Wildman–Crippen LogP) is 3.17. The molecule has 2 unspecified atom stereocenters.